The molecule has 0 radical (unpaired) electrons. The minimum absolute atomic E-state index is 0.222. The number of hydrogen-bond donors (Lipinski definition) is 1. The number of hydrogen-bond acceptors (Lipinski definition) is 2. The molecule has 104 valence electrons. The second-order valence-corrected chi connectivity index (χ2v) is 5.76. The molecule has 0 aromatic heterocycles. The van der Waals surface area contributed by atoms with Gasteiger partial charge in [-0.1, -0.05) is 37.6 Å². The topological polar surface area (TPSA) is 43.1 Å². The number of benzene rings is 1. The van der Waals surface area contributed by atoms with E-state index in [9.17, 15) is 4.79 Å². The maximum absolute atomic E-state index is 12.4. The van der Waals surface area contributed by atoms with Crippen molar-refractivity contribution in [1.29, 1.82) is 0 Å². The SMILES string of the molecule is CCCc1ccc(C(=O)C2CCC(CN)CC2)cc1. The van der Waals surface area contributed by atoms with Gasteiger partial charge in [0.25, 0.3) is 0 Å². The summed E-state index contributed by atoms with van der Waals surface area (Å²) < 4.78 is 0. The number of Topliss-reactive ketones (excluding diaryl/α,β-unsaturated/α-hetero) is 1. The van der Waals surface area contributed by atoms with Crippen molar-refractivity contribution in [3.05, 3.63) is 35.4 Å². The molecule has 0 amide bonds. The molecule has 0 bridgehead atoms. The van der Waals surface area contributed by atoms with Gasteiger partial charge in [0.1, 0.15) is 0 Å². The largest absolute Gasteiger partial charge is 0.330 e. The van der Waals surface area contributed by atoms with Crippen LogP contribution in [0.5, 0.6) is 0 Å². The molecule has 1 aromatic carbocycles. The first-order valence-corrected chi connectivity index (χ1v) is 7.57. The van der Waals surface area contributed by atoms with Gasteiger partial charge in [0, 0.05) is 11.5 Å². The summed E-state index contributed by atoms with van der Waals surface area (Å²) in [7, 11) is 0. The van der Waals surface area contributed by atoms with Gasteiger partial charge >= 0.3 is 0 Å². The number of aryl methyl sites for hydroxylation is 1. The fourth-order valence-corrected chi connectivity index (χ4v) is 3.02. The monoisotopic (exact) mass is 259 g/mol. The smallest absolute Gasteiger partial charge is 0.165 e. The van der Waals surface area contributed by atoms with Crippen molar-refractivity contribution in [1.82, 2.24) is 0 Å². The Hall–Kier alpha value is -1.15. The third-order valence-corrected chi connectivity index (χ3v) is 4.33. The molecule has 1 aromatic rings. The van der Waals surface area contributed by atoms with Gasteiger partial charge in [-0.3, -0.25) is 4.79 Å². The van der Waals surface area contributed by atoms with E-state index in [-0.39, 0.29) is 5.92 Å². The molecule has 0 unspecified atom stereocenters. The Labute approximate surface area is 116 Å². The summed E-state index contributed by atoms with van der Waals surface area (Å²) in [4.78, 5) is 12.4. The zero-order valence-electron chi connectivity index (χ0n) is 11.9. The average Bonchev–Trinajstić information content (AvgIpc) is 2.48. The molecule has 1 saturated carbocycles. The van der Waals surface area contributed by atoms with Gasteiger partial charge in [-0.05, 0) is 50.1 Å². The summed E-state index contributed by atoms with van der Waals surface area (Å²) in [6, 6.07) is 8.20. The van der Waals surface area contributed by atoms with Crippen molar-refractivity contribution in [2.24, 2.45) is 17.6 Å². The van der Waals surface area contributed by atoms with E-state index >= 15 is 0 Å². The van der Waals surface area contributed by atoms with Crippen LogP contribution in [-0.4, -0.2) is 12.3 Å². The van der Waals surface area contributed by atoms with Crippen molar-refractivity contribution in [2.45, 2.75) is 45.4 Å². The Bertz CT molecular complexity index is 402. The molecule has 1 fully saturated rings. The Kier molecular flexibility index (Phi) is 5.15. The van der Waals surface area contributed by atoms with Crippen LogP contribution >= 0.6 is 0 Å². The number of nitrogens with two attached hydrogens (primary N) is 1. The van der Waals surface area contributed by atoms with Crippen molar-refractivity contribution in [3.63, 3.8) is 0 Å². The highest BCUT2D eigenvalue weighted by molar-refractivity contribution is 5.97. The molecule has 0 aliphatic heterocycles. The first-order valence-electron chi connectivity index (χ1n) is 7.57. The molecule has 2 nitrogen and oxygen atoms in total. The van der Waals surface area contributed by atoms with Gasteiger partial charge < -0.3 is 5.73 Å². The molecule has 0 atom stereocenters. The van der Waals surface area contributed by atoms with Crippen LogP contribution in [0.4, 0.5) is 0 Å². The predicted molar refractivity (Wildman–Crippen MR) is 79.3 cm³/mol. The van der Waals surface area contributed by atoms with Gasteiger partial charge in [0.15, 0.2) is 5.78 Å². The normalized spacial score (nSPS) is 23.3. The molecular weight excluding hydrogens is 234 g/mol. The third kappa shape index (κ3) is 3.66. The van der Waals surface area contributed by atoms with Crippen molar-refractivity contribution >= 4 is 5.78 Å². The molecule has 0 heterocycles. The van der Waals surface area contributed by atoms with Crippen LogP contribution in [0.2, 0.25) is 0 Å². The molecule has 2 heteroatoms. The van der Waals surface area contributed by atoms with Gasteiger partial charge in [-0.2, -0.15) is 0 Å². The van der Waals surface area contributed by atoms with Crippen LogP contribution < -0.4 is 5.73 Å². The lowest BCUT2D eigenvalue weighted by molar-refractivity contribution is 0.0873. The highest BCUT2D eigenvalue weighted by Crippen LogP contribution is 2.30. The van der Waals surface area contributed by atoms with E-state index in [1.807, 2.05) is 12.1 Å². The first kappa shape index (κ1) is 14.3. The standard InChI is InChI=1S/C17H25NO/c1-2-3-13-4-8-15(9-5-13)17(19)16-10-6-14(12-18)7-11-16/h4-5,8-9,14,16H,2-3,6-7,10-12,18H2,1H3. The Morgan fingerprint density at radius 2 is 1.79 bits per heavy atom. The fraction of sp³-hybridized carbons (Fsp3) is 0.588. The number of carbonyl (C=O) groups is 1. The zero-order chi connectivity index (χ0) is 13.7. The van der Waals surface area contributed by atoms with E-state index in [2.05, 4.69) is 19.1 Å². The second kappa shape index (κ2) is 6.85. The van der Waals surface area contributed by atoms with Gasteiger partial charge in [0.2, 0.25) is 0 Å². The van der Waals surface area contributed by atoms with Crippen molar-refractivity contribution in [3.8, 4) is 0 Å². The Morgan fingerprint density at radius 3 is 2.32 bits per heavy atom. The van der Waals surface area contributed by atoms with Crippen molar-refractivity contribution < 1.29 is 4.79 Å². The highest BCUT2D eigenvalue weighted by Gasteiger charge is 2.26. The third-order valence-electron chi connectivity index (χ3n) is 4.33. The van der Waals surface area contributed by atoms with Gasteiger partial charge in [-0.15, -0.1) is 0 Å². The van der Waals surface area contributed by atoms with E-state index in [1.165, 1.54) is 5.56 Å². The van der Waals surface area contributed by atoms with Crippen molar-refractivity contribution in [2.75, 3.05) is 6.54 Å². The van der Waals surface area contributed by atoms with E-state index in [4.69, 9.17) is 5.73 Å². The summed E-state index contributed by atoms with van der Waals surface area (Å²) >= 11 is 0. The maximum Gasteiger partial charge on any atom is 0.165 e. The summed E-state index contributed by atoms with van der Waals surface area (Å²) in [6.07, 6.45) is 6.49. The first-order chi connectivity index (χ1) is 9.24. The Balaban J connectivity index is 1.96. The molecule has 0 saturated heterocycles. The van der Waals surface area contributed by atoms with Crippen LogP contribution in [0.1, 0.15) is 54.9 Å². The van der Waals surface area contributed by atoms with Crippen LogP contribution in [-0.2, 0) is 6.42 Å². The highest BCUT2D eigenvalue weighted by atomic mass is 16.1. The minimum atomic E-state index is 0.222. The van der Waals surface area contributed by atoms with E-state index in [1.54, 1.807) is 0 Å². The van der Waals surface area contributed by atoms with Gasteiger partial charge in [0.05, 0.1) is 0 Å². The Morgan fingerprint density at radius 1 is 1.16 bits per heavy atom. The van der Waals surface area contributed by atoms with E-state index in [0.29, 0.717) is 11.7 Å². The van der Waals surface area contributed by atoms with Crippen LogP contribution in [0.3, 0.4) is 0 Å². The van der Waals surface area contributed by atoms with E-state index in [0.717, 1.165) is 50.6 Å². The summed E-state index contributed by atoms with van der Waals surface area (Å²) in [5, 5.41) is 0. The predicted octanol–water partition coefficient (Wildman–Crippen LogP) is 3.59. The lowest BCUT2D eigenvalue weighted by Gasteiger charge is -2.26. The lowest BCUT2D eigenvalue weighted by Crippen LogP contribution is -2.25. The molecule has 1 aliphatic rings. The lowest BCUT2D eigenvalue weighted by atomic mass is 9.78. The quantitative estimate of drug-likeness (QED) is 0.821. The number of rotatable bonds is 5. The van der Waals surface area contributed by atoms with Crippen LogP contribution in [0.15, 0.2) is 24.3 Å². The number of carbonyl (C=O) groups excluding carboxylic acids is 1. The van der Waals surface area contributed by atoms with Crippen LogP contribution in [0, 0.1) is 11.8 Å². The molecule has 2 rings (SSSR count). The average molecular weight is 259 g/mol. The van der Waals surface area contributed by atoms with E-state index < -0.39 is 0 Å². The molecule has 19 heavy (non-hydrogen) atoms. The zero-order valence-corrected chi connectivity index (χ0v) is 11.9. The fourth-order valence-electron chi connectivity index (χ4n) is 3.02. The molecular formula is C17H25NO. The minimum Gasteiger partial charge on any atom is -0.330 e. The maximum atomic E-state index is 12.4. The number of ketones is 1. The summed E-state index contributed by atoms with van der Waals surface area (Å²) in [5.74, 6) is 1.19. The molecule has 2 N–H and O–H groups in total. The summed E-state index contributed by atoms with van der Waals surface area (Å²) in [6.45, 7) is 2.95. The van der Waals surface area contributed by atoms with Crippen LogP contribution in [0.25, 0.3) is 0 Å². The van der Waals surface area contributed by atoms with Gasteiger partial charge in [-0.25, -0.2) is 0 Å². The molecule has 0 spiro atoms. The molecule has 1 aliphatic carbocycles. The second-order valence-electron chi connectivity index (χ2n) is 5.76. The summed E-state index contributed by atoms with van der Waals surface area (Å²) in [5.41, 5.74) is 7.91.